The minimum atomic E-state index is -4.97. The average Bonchev–Trinajstić information content (AvgIpc) is 2.95. The SMILES string of the molecule is COc1cc(CC(=O)c2cccc(N)c2)c(OC)c2c(Nc3cccc4cc(S(=O)(=O)O)cc(S(=O)(=O)O)c34)cc(C)nc12. The van der Waals surface area contributed by atoms with Crippen molar-refractivity contribution in [3.8, 4) is 11.5 Å². The second kappa shape index (κ2) is 11.4. The number of fused-ring (bicyclic) bond motifs is 2. The van der Waals surface area contributed by atoms with Gasteiger partial charge < -0.3 is 20.5 Å². The largest absolute Gasteiger partial charge is 0.496 e. The summed E-state index contributed by atoms with van der Waals surface area (Å²) in [5, 5.41) is 3.66. The van der Waals surface area contributed by atoms with E-state index >= 15 is 0 Å². The first kappa shape index (κ1) is 30.7. The van der Waals surface area contributed by atoms with Gasteiger partial charge in [-0.25, -0.2) is 4.98 Å². The first-order valence-electron chi connectivity index (χ1n) is 12.9. The third kappa shape index (κ3) is 5.88. The Bertz CT molecular complexity index is 2200. The van der Waals surface area contributed by atoms with Crippen LogP contribution in [0.2, 0.25) is 0 Å². The molecule has 5 N–H and O–H groups in total. The Hall–Kier alpha value is -4.76. The lowest BCUT2D eigenvalue weighted by molar-refractivity contribution is 0.0992. The number of nitrogens with one attached hydrogen (secondary N) is 1. The molecule has 0 saturated carbocycles. The number of hydrogen-bond acceptors (Lipinski definition) is 10. The second-order valence-corrected chi connectivity index (χ2v) is 12.7. The Kier molecular flexibility index (Phi) is 7.94. The van der Waals surface area contributed by atoms with E-state index in [1.807, 2.05) is 0 Å². The van der Waals surface area contributed by atoms with Crippen molar-refractivity contribution in [1.29, 1.82) is 0 Å². The minimum absolute atomic E-state index is 0.0380. The molecule has 0 aliphatic rings. The van der Waals surface area contributed by atoms with E-state index in [1.54, 1.807) is 43.3 Å². The summed E-state index contributed by atoms with van der Waals surface area (Å²) in [6, 6.07) is 16.2. The maximum atomic E-state index is 13.3. The van der Waals surface area contributed by atoms with Crippen molar-refractivity contribution in [3.05, 3.63) is 83.6 Å². The summed E-state index contributed by atoms with van der Waals surface area (Å²) < 4.78 is 79.7. The molecule has 14 heteroatoms. The van der Waals surface area contributed by atoms with Gasteiger partial charge in [0.05, 0.1) is 30.2 Å². The number of aryl methyl sites for hydroxylation is 1. The number of hydrogen-bond donors (Lipinski definition) is 4. The van der Waals surface area contributed by atoms with Crippen LogP contribution in [0.3, 0.4) is 0 Å². The number of nitrogens with two attached hydrogens (primary N) is 1. The fraction of sp³-hybridized carbons (Fsp3) is 0.133. The van der Waals surface area contributed by atoms with E-state index in [0.717, 1.165) is 6.07 Å². The van der Waals surface area contributed by atoms with Gasteiger partial charge in [-0.1, -0.05) is 24.3 Å². The van der Waals surface area contributed by atoms with Gasteiger partial charge in [-0.15, -0.1) is 0 Å². The number of ether oxygens (including phenoxy) is 2. The van der Waals surface area contributed by atoms with Crippen molar-refractivity contribution in [1.82, 2.24) is 4.98 Å². The molecule has 0 aliphatic carbocycles. The van der Waals surface area contributed by atoms with Gasteiger partial charge in [0, 0.05) is 40.0 Å². The van der Waals surface area contributed by atoms with Crippen molar-refractivity contribution in [2.24, 2.45) is 0 Å². The lowest BCUT2D eigenvalue weighted by Gasteiger charge is -2.20. The van der Waals surface area contributed by atoms with Crippen LogP contribution in [0, 0.1) is 6.92 Å². The maximum absolute atomic E-state index is 13.3. The maximum Gasteiger partial charge on any atom is 0.295 e. The van der Waals surface area contributed by atoms with Gasteiger partial charge in [0.2, 0.25) is 0 Å². The van der Waals surface area contributed by atoms with Gasteiger partial charge in [-0.3, -0.25) is 13.9 Å². The molecule has 0 saturated heterocycles. The molecule has 5 aromatic rings. The highest BCUT2D eigenvalue weighted by Crippen LogP contribution is 2.43. The molecule has 0 aliphatic heterocycles. The summed E-state index contributed by atoms with van der Waals surface area (Å²) in [5.74, 6) is 0.419. The number of rotatable bonds is 9. The highest BCUT2D eigenvalue weighted by Gasteiger charge is 2.25. The lowest BCUT2D eigenvalue weighted by atomic mass is 9.98. The smallest absolute Gasteiger partial charge is 0.295 e. The standard InChI is InChI=1S/C30H27N3O9S2/c1-16-10-23(33-22-9-5-7-18-12-21(43(35,36)37)15-26(27(18)22)44(38,39)40)28-29(32-16)25(41-2)14-19(30(28)42-3)13-24(34)17-6-4-8-20(31)11-17/h4-12,14-15H,13,31H2,1-3H3,(H,32,33)(H,35,36,37)(H,38,39,40). The molecular weight excluding hydrogens is 610 g/mol. The summed E-state index contributed by atoms with van der Waals surface area (Å²) in [7, 11) is -6.89. The zero-order valence-electron chi connectivity index (χ0n) is 23.7. The van der Waals surface area contributed by atoms with E-state index in [1.165, 1.54) is 32.4 Å². The highest BCUT2D eigenvalue weighted by molar-refractivity contribution is 7.86. The fourth-order valence-corrected chi connectivity index (χ4v) is 6.48. The van der Waals surface area contributed by atoms with E-state index in [-0.39, 0.29) is 28.7 Å². The topological polar surface area (TPSA) is 195 Å². The van der Waals surface area contributed by atoms with E-state index in [9.17, 15) is 30.7 Å². The predicted molar refractivity (Wildman–Crippen MR) is 165 cm³/mol. The molecule has 228 valence electrons. The van der Waals surface area contributed by atoms with Gasteiger partial charge in [-0.05, 0) is 54.8 Å². The number of anilines is 3. The molecule has 0 spiro atoms. The number of pyridine rings is 1. The summed E-state index contributed by atoms with van der Waals surface area (Å²) in [5.41, 5.74) is 8.68. The lowest BCUT2D eigenvalue weighted by Crippen LogP contribution is -2.08. The number of benzene rings is 4. The third-order valence-electron chi connectivity index (χ3n) is 6.95. The summed E-state index contributed by atoms with van der Waals surface area (Å²) in [6.45, 7) is 1.73. The zero-order valence-corrected chi connectivity index (χ0v) is 25.3. The Morgan fingerprint density at radius 1 is 0.886 bits per heavy atom. The van der Waals surface area contributed by atoms with Crippen molar-refractivity contribution in [2.45, 2.75) is 23.1 Å². The van der Waals surface area contributed by atoms with Crippen LogP contribution in [0.15, 0.2) is 76.5 Å². The van der Waals surface area contributed by atoms with E-state index < -0.39 is 30.0 Å². The summed E-state index contributed by atoms with van der Waals surface area (Å²) in [6.07, 6.45) is -0.0776. The molecule has 44 heavy (non-hydrogen) atoms. The molecule has 0 fully saturated rings. The molecule has 4 aromatic carbocycles. The molecular formula is C30H27N3O9S2. The van der Waals surface area contributed by atoms with Crippen LogP contribution in [0.5, 0.6) is 11.5 Å². The Morgan fingerprint density at radius 2 is 1.61 bits per heavy atom. The van der Waals surface area contributed by atoms with Gasteiger partial charge in [-0.2, -0.15) is 16.8 Å². The number of aromatic nitrogens is 1. The van der Waals surface area contributed by atoms with E-state index in [4.69, 9.17) is 15.2 Å². The Morgan fingerprint density at radius 3 is 2.25 bits per heavy atom. The number of Topliss-reactive ketones (excluding diaryl/α,β-unsaturated/α-hetero) is 1. The number of carbonyl (C=O) groups excluding carboxylic acids is 1. The monoisotopic (exact) mass is 637 g/mol. The predicted octanol–water partition coefficient (Wildman–Crippen LogP) is 4.96. The van der Waals surface area contributed by atoms with Crippen molar-refractivity contribution >= 4 is 64.8 Å². The molecule has 1 heterocycles. The average molecular weight is 638 g/mol. The molecule has 0 atom stereocenters. The van der Waals surface area contributed by atoms with Gasteiger partial charge >= 0.3 is 0 Å². The molecule has 1 aromatic heterocycles. The summed E-state index contributed by atoms with van der Waals surface area (Å²) >= 11 is 0. The molecule has 0 unspecified atom stereocenters. The minimum Gasteiger partial charge on any atom is -0.496 e. The quantitative estimate of drug-likeness (QED) is 0.0965. The zero-order chi connectivity index (χ0) is 32.0. The Balaban J connectivity index is 1.75. The van der Waals surface area contributed by atoms with E-state index in [2.05, 4.69) is 10.3 Å². The molecule has 12 nitrogen and oxygen atoms in total. The van der Waals surface area contributed by atoms with Crippen LogP contribution < -0.4 is 20.5 Å². The second-order valence-electron chi connectivity index (χ2n) is 9.93. The third-order valence-corrected chi connectivity index (χ3v) is 8.66. The van der Waals surface area contributed by atoms with Crippen molar-refractivity contribution in [3.63, 3.8) is 0 Å². The Labute approximate surface area is 252 Å². The highest BCUT2D eigenvalue weighted by atomic mass is 32.2. The van der Waals surface area contributed by atoms with E-state index in [0.29, 0.717) is 56.7 Å². The van der Waals surface area contributed by atoms with Gasteiger partial charge in [0.1, 0.15) is 21.9 Å². The van der Waals surface area contributed by atoms with Crippen LogP contribution in [0.1, 0.15) is 21.6 Å². The normalized spacial score (nSPS) is 11.9. The molecule has 0 bridgehead atoms. The first-order valence-corrected chi connectivity index (χ1v) is 15.8. The fourth-order valence-electron chi connectivity index (χ4n) is 5.10. The van der Waals surface area contributed by atoms with Gasteiger partial charge in [0.25, 0.3) is 20.2 Å². The number of nitrogens with zero attached hydrogens (tertiary/aromatic N) is 1. The van der Waals surface area contributed by atoms with Crippen LogP contribution in [-0.4, -0.2) is 50.9 Å². The van der Waals surface area contributed by atoms with Crippen molar-refractivity contribution in [2.75, 3.05) is 25.3 Å². The number of methoxy groups -OCH3 is 2. The number of ketones is 1. The van der Waals surface area contributed by atoms with Gasteiger partial charge in [0.15, 0.2) is 5.78 Å². The first-order chi connectivity index (χ1) is 20.7. The van der Waals surface area contributed by atoms with Crippen LogP contribution in [0.4, 0.5) is 17.1 Å². The molecule has 0 amide bonds. The number of carbonyl (C=O) groups is 1. The van der Waals surface area contributed by atoms with Crippen LogP contribution in [-0.2, 0) is 26.7 Å². The number of nitrogen functional groups attached to an aromatic ring is 1. The molecule has 5 rings (SSSR count). The molecule has 0 radical (unpaired) electrons. The summed E-state index contributed by atoms with van der Waals surface area (Å²) in [4.78, 5) is 16.4. The van der Waals surface area contributed by atoms with Crippen LogP contribution in [0.25, 0.3) is 21.7 Å². The van der Waals surface area contributed by atoms with Crippen molar-refractivity contribution < 1.29 is 40.2 Å². The van der Waals surface area contributed by atoms with Crippen LogP contribution >= 0.6 is 0 Å².